The van der Waals surface area contributed by atoms with Gasteiger partial charge >= 0.3 is 11.9 Å². The van der Waals surface area contributed by atoms with E-state index in [1.165, 1.54) is 11.1 Å². The molecule has 2 aromatic carbocycles. The summed E-state index contributed by atoms with van der Waals surface area (Å²) in [6, 6.07) is 20.8. The van der Waals surface area contributed by atoms with Gasteiger partial charge in [-0.05, 0) is 78.4 Å². The Morgan fingerprint density at radius 1 is 0.861 bits per heavy atom. The normalized spacial score (nSPS) is 21.3. The Labute approximate surface area is 217 Å². The van der Waals surface area contributed by atoms with Crippen LogP contribution in [0.2, 0.25) is 0 Å². The fraction of sp³-hybridized carbons (Fsp3) is 0.548. The van der Waals surface area contributed by atoms with Gasteiger partial charge < -0.3 is 9.47 Å². The summed E-state index contributed by atoms with van der Waals surface area (Å²) in [6.07, 6.45) is 1.82. The number of benzene rings is 2. The van der Waals surface area contributed by atoms with Gasteiger partial charge in [-0.3, -0.25) is 14.5 Å². The van der Waals surface area contributed by atoms with Crippen LogP contribution >= 0.6 is 0 Å². The molecule has 4 atom stereocenters. The molecule has 5 nitrogen and oxygen atoms in total. The van der Waals surface area contributed by atoms with E-state index < -0.39 is 17.1 Å². The number of carbonyl (C=O) groups is 2. The van der Waals surface area contributed by atoms with Crippen molar-refractivity contribution in [3.63, 3.8) is 0 Å². The molecule has 196 valence electrons. The third kappa shape index (κ3) is 7.92. The van der Waals surface area contributed by atoms with Gasteiger partial charge in [-0.25, -0.2) is 0 Å². The zero-order valence-corrected chi connectivity index (χ0v) is 23.0. The molecule has 1 fully saturated rings. The van der Waals surface area contributed by atoms with Gasteiger partial charge in [-0.15, -0.1) is 0 Å². The molecular weight excluding hydrogens is 450 g/mol. The summed E-state index contributed by atoms with van der Waals surface area (Å²) in [5.74, 6) is -1.02. The second-order valence-electron chi connectivity index (χ2n) is 12.0. The first-order valence-corrected chi connectivity index (χ1v) is 13.1. The zero-order valence-electron chi connectivity index (χ0n) is 23.0. The molecular formula is C31H43NO4. The summed E-state index contributed by atoms with van der Waals surface area (Å²) < 4.78 is 11.6. The molecule has 1 unspecified atom stereocenters. The Morgan fingerprint density at radius 3 is 1.97 bits per heavy atom. The van der Waals surface area contributed by atoms with Crippen molar-refractivity contribution in [1.82, 2.24) is 4.90 Å². The molecule has 0 saturated heterocycles. The van der Waals surface area contributed by atoms with Crippen LogP contribution in [0.3, 0.4) is 0 Å². The maximum absolute atomic E-state index is 13.7. The molecule has 0 bridgehead atoms. The molecule has 0 spiro atoms. The van der Waals surface area contributed by atoms with Crippen LogP contribution in [0, 0.1) is 11.8 Å². The maximum atomic E-state index is 13.7. The number of carbonyl (C=O) groups excluding carboxylic acids is 2. The van der Waals surface area contributed by atoms with Crippen molar-refractivity contribution in [2.45, 2.75) is 97.6 Å². The highest BCUT2D eigenvalue weighted by Gasteiger charge is 2.47. The molecule has 1 aliphatic rings. The third-order valence-electron chi connectivity index (χ3n) is 6.70. The summed E-state index contributed by atoms with van der Waals surface area (Å²) in [5.41, 5.74) is 1.24. The van der Waals surface area contributed by atoms with Gasteiger partial charge in [-0.2, -0.15) is 0 Å². The number of hydrogen-bond acceptors (Lipinski definition) is 5. The molecule has 3 rings (SSSR count). The number of nitrogens with zero attached hydrogens (tertiary/aromatic N) is 1. The average Bonchev–Trinajstić information content (AvgIpc) is 3.19. The molecule has 1 saturated carbocycles. The molecule has 36 heavy (non-hydrogen) atoms. The Morgan fingerprint density at radius 2 is 1.42 bits per heavy atom. The second kappa shape index (κ2) is 11.6. The number of esters is 2. The van der Waals surface area contributed by atoms with Crippen molar-refractivity contribution in [3.05, 3.63) is 71.8 Å². The molecule has 0 radical (unpaired) electrons. The molecule has 0 amide bonds. The Balaban J connectivity index is 1.96. The van der Waals surface area contributed by atoms with E-state index in [9.17, 15) is 9.59 Å². The summed E-state index contributed by atoms with van der Waals surface area (Å²) in [5, 5.41) is 0. The molecule has 5 heteroatoms. The lowest BCUT2D eigenvalue weighted by molar-refractivity contribution is -0.165. The van der Waals surface area contributed by atoms with E-state index in [-0.39, 0.29) is 36.4 Å². The van der Waals surface area contributed by atoms with Gasteiger partial charge in [0, 0.05) is 25.0 Å². The minimum Gasteiger partial charge on any atom is -0.460 e. The minimum absolute atomic E-state index is 0.0531. The van der Waals surface area contributed by atoms with E-state index >= 15 is 0 Å². The fourth-order valence-electron chi connectivity index (χ4n) is 5.23. The summed E-state index contributed by atoms with van der Waals surface area (Å²) in [4.78, 5) is 28.9. The van der Waals surface area contributed by atoms with Crippen LogP contribution in [0.4, 0.5) is 0 Å². The Hall–Kier alpha value is -2.66. The number of hydrogen-bond donors (Lipinski definition) is 0. The van der Waals surface area contributed by atoms with Crippen LogP contribution in [0.5, 0.6) is 0 Å². The van der Waals surface area contributed by atoms with Crippen molar-refractivity contribution in [3.8, 4) is 0 Å². The average molecular weight is 494 g/mol. The van der Waals surface area contributed by atoms with Crippen LogP contribution in [-0.2, 0) is 25.6 Å². The van der Waals surface area contributed by atoms with Crippen molar-refractivity contribution < 1.29 is 19.1 Å². The SMILES string of the molecule is C[C@@H](c1ccccc1)N(Cc1ccccc1)C1CC[C@H](CC(=O)OC(C)(C)C)[C@@H]1C(=O)OC(C)(C)C. The lowest BCUT2D eigenvalue weighted by Crippen LogP contribution is -2.45. The van der Waals surface area contributed by atoms with Gasteiger partial charge in [0.1, 0.15) is 11.2 Å². The van der Waals surface area contributed by atoms with Gasteiger partial charge in [0.25, 0.3) is 0 Å². The van der Waals surface area contributed by atoms with Crippen LogP contribution in [-0.4, -0.2) is 34.1 Å². The number of ether oxygens (including phenoxy) is 2. The first-order valence-electron chi connectivity index (χ1n) is 13.1. The molecule has 2 aromatic rings. The molecule has 1 aliphatic carbocycles. The lowest BCUT2D eigenvalue weighted by atomic mass is 9.88. The highest BCUT2D eigenvalue weighted by Crippen LogP contribution is 2.42. The van der Waals surface area contributed by atoms with Crippen molar-refractivity contribution in [2.75, 3.05) is 0 Å². The van der Waals surface area contributed by atoms with E-state index in [1.807, 2.05) is 65.8 Å². The lowest BCUT2D eigenvalue weighted by Gasteiger charge is -2.39. The Bertz CT molecular complexity index is 991. The first-order chi connectivity index (χ1) is 16.8. The van der Waals surface area contributed by atoms with E-state index in [4.69, 9.17) is 9.47 Å². The van der Waals surface area contributed by atoms with Crippen LogP contribution in [0.15, 0.2) is 60.7 Å². The highest BCUT2D eigenvalue weighted by atomic mass is 16.6. The predicted molar refractivity (Wildman–Crippen MR) is 143 cm³/mol. The molecule has 0 aromatic heterocycles. The van der Waals surface area contributed by atoms with Crippen molar-refractivity contribution >= 4 is 11.9 Å². The molecule has 0 heterocycles. The summed E-state index contributed by atoms with van der Waals surface area (Å²) >= 11 is 0. The van der Waals surface area contributed by atoms with Crippen molar-refractivity contribution in [2.24, 2.45) is 11.8 Å². The van der Waals surface area contributed by atoms with Gasteiger partial charge in [0.2, 0.25) is 0 Å². The standard InChI is InChI=1S/C31H43NO4/c1-22(24-16-12-9-13-17-24)32(21-23-14-10-8-11-15-23)26-19-18-25(20-27(33)35-30(2,3)4)28(26)29(34)36-31(5,6)7/h8-17,22,25-26,28H,18-21H2,1-7H3/t22-,25+,26?,28-/m0/s1. The van der Waals surface area contributed by atoms with E-state index in [0.29, 0.717) is 6.54 Å². The summed E-state index contributed by atoms with van der Waals surface area (Å²) in [6.45, 7) is 14.2. The van der Waals surface area contributed by atoms with Gasteiger partial charge in [-0.1, -0.05) is 60.7 Å². The Kier molecular flexibility index (Phi) is 8.99. The van der Waals surface area contributed by atoms with Crippen LogP contribution < -0.4 is 0 Å². The van der Waals surface area contributed by atoms with E-state index in [1.54, 1.807) is 0 Å². The van der Waals surface area contributed by atoms with Crippen LogP contribution in [0.1, 0.15) is 84.9 Å². The monoisotopic (exact) mass is 493 g/mol. The quantitative estimate of drug-likeness (QED) is 0.382. The predicted octanol–water partition coefficient (Wildman–Crippen LogP) is 6.72. The highest BCUT2D eigenvalue weighted by molar-refractivity contribution is 5.77. The number of rotatable bonds is 8. The second-order valence-corrected chi connectivity index (χ2v) is 12.0. The smallest absolute Gasteiger partial charge is 0.311 e. The van der Waals surface area contributed by atoms with Crippen molar-refractivity contribution in [1.29, 1.82) is 0 Å². The zero-order chi connectivity index (χ0) is 26.5. The van der Waals surface area contributed by atoms with Crippen LogP contribution in [0.25, 0.3) is 0 Å². The topological polar surface area (TPSA) is 55.8 Å². The van der Waals surface area contributed by atoms with E-state index in [2.05, 4.69) is 48.2 Å². The minimum atomic E-state index is -0.601. The van der Waals surface area contributed by atoms with Gasteiger partial charge in [0.05, 0.1) is 5.92 Å². The largest absolute Gasteiger partial charge is 0.460 e. The van der Waals surface area contributed by atoms with E-state index in [0.717, 1.165) is 12.8 Å². The third-order valence-corrected chi connectivity index (χ3v) is 6.70. The summed E-state index contributed by atoms with van der Waals surface area (Å²) in [7, 11) is 0. The van der Waals surface area contributed by atoms with Gasteiger partial charge in [0.15, 0.2) is 0 Å². The maximum Gasteiger partial charge on any atom is 0.311 e. The first kappa shape index (κ1) is 27.9. The molecule has 0 aliphatic heterocycles. The molecule has 0 N–H and O–H groups in total. The fourth-order valence-corrected chi connectivity index (χ4v) is 5.23.